The summed E-state index contributed by atoms with van der Waals surface area (Å²) in [4.78, 5) is 15.8. The second kappa shape index (κ2) is 8.94. The van der Waals surface area contributed by atoms with Crippen LogP contribution in [0.2, 0.25) is 4.34 Å². The molecule has 0 unspecified atom stereocenters. The Morgan fingerprint density at radius 3 is 2.55 bits per heavy atom. The van der Waals surface area contributed by atoms with Gasteiger partial charge in [0.05, 0.1) is 31.3 Å². The number of rotatable bonds is 6. The lowest BCUT2D eigenvalue weighted by Gasteiger charge is -2.32. The van der Waals surface area contributed by atoms with Crippen molar-refractivity contribution >= 4 is 40.3 Å². The van der Waals surface area contributed by atoms with Crippen molar-refractivity contribution in [2.75, 3.05) is 37.5 Å². The Morgan fingerprint density at radius 2 is 1.93 bits per heavy atom. The molecule has 0 radical (unpaired) electrons. The monoisotopic (exact) mass is 431 g/mol. The van der Waals surface area contributed by atoms with Gasteiger partial charge in [-0.2, -0.15) is 0 Å². The molecule has 1 saturated heterocycles. The van der Waals surface area contributed by atoms with Crippen molar-refractivity contribution in [2.24, 2.45) is 0 Å². The number of methoxy groups -OCH3 is 2. The lowest BCUT2D eigenvalue weighted by molar-refractivity contribution is 0.0819. The maximum absolute atomic E-state index is 6.00. The van der Waals surface area contributed by atoms with Crippen molar-refractivity contribution < 1.29 is 9.47 Å². The third kappa shape index (κ3) is 4.60. The van der Waals surface area contributed by atoms with Crippen LogP contribution in [-0.4, -0.2) is 48.4 Å². The molecule has 152 valence electrons. The standard InChI is InChI=1S/C20H22ClN5O2S/c1-27-14-7-9-26(10-8-14)13-3-6-18(22-11-13)25-19-16(28-2)5-4-15(24-19)20-23-12-17(21)29-20/h3-6,11-12,14H,7-10H2,1-2H3,(H,22,24,25). The first-order valence-corrected chi connectivity index (χ1v) is 10.5. The summed E-state index contributed by atoms with van der Waals surface area (Å²) in [5.41, 5.74) is 1.83. The number of halogens is 1. The zero-order valence-corrected chi connectivity index (χ0v) is 17.8. The molecule has 3 aromatic rings. The second-order valence-corrected chi connectivity index (χ2v) is 8.33. The molecule has 4 rings (SSSR count). The molecular weight excluding hydrogens is 410 g/mol. The molecule has 0 saturated carbocycles. The summed E-state index contributed by atoms with van der Waals surface area (Å²) < 4.78 is 11.5. The van der Waals surface area contributed by atoms with E-state index in [4.69, 9.17) is 21.1 Å². The Labute approximate surface area is 178 Å². The number of piperidine rings is 1. The summed E-state index contributed by atoms with van der Waals surface area (Å²) in [6.45, 7) is 1.95. The molecule has 3 aromatic heterocycles. The summed E-state index contributed by atoms with van der Waals surface area (Å²) in [7, 11) is 3.39. The molecule has 29 heavy (non-hydrogen) atoms. The summed E-state index contributed by atoms with van der Waals surface area (Å²) in [5, 5.41) is 4.00. The van der Waals surface area contributed by atoms with Crippen LogP contribution in [0.5, 0.6) is 5.75 Å². The van der Waals surface area contributed by atoms with E-state index in [1.165, 1.54) is 11.3 Å². The largest absolute Gasteiger partial charge is 0.493 e. The molecule has 1 N–H and O–H groups in total. The predicted octanol–water partition coefficient (Wildman–Crippen LogP) is 4.62. The highest BCUT2D eigenvalue weighted by atomic mass is 35.5. The smallest absolute Gasteiger partial charge is 0.175 e. The Hall–Kier alpha value is -2.42. The fourth-order valence-electron chi connectivity index (χ4n) is 3.31. The van der Waals surface area contributed by atoms with E-state index in [1.807, 2.05) is 24.4 Å². The fourth-order valence-corrected chi connectivity index (χ4v) is 4.19. The molecule has 0 atom stereocenters. The van der Waals surface area contributed by atoms with Crippen molar-refractivity contribution in [3.8, 4) is 16.5 Å². The van der Waals surface area contributed by atoms with Crippen molar-refractivity contribution in [1.82, 2.24) is 15.0 Å². The van der Waals surface area contributed by atoms with Gasteiger partial charge in [-0.05, 0) is 37.1 Å². The molecule has 0 aromatic carbocycles. The fraction of sp³-hybridized carbons (Fsp3) is 0.350. The topological polar surface area (TPSA) is 72.4 Å². The lowest BCUT2D eigenvalue weighted by atomic mass is 10.1. The van der Waals surface area contributed by atoms with Crippen LogP contribution < -0.4 is 15.0 Å². The summed E-state index contributed by atoms with van der Waals surface area (Å²) in [5.74, 6) is 1.90. The first kappa shape index (κ1) is 19.9. The van der Waals surface area contributed by atoms with E-state index in [-0.39, 0.29) is 0 Å². The van der Waals surface area contributed by atoms with Gasteiger partial charge in [-0.15, -0.1) is 11.3 Å². The number of thiazole rings is 1. The minimum atomic E-state index is 0.360. The number of anilines is 3. The van der Waals surface area contributed by atoms with Gasteiger partial charge in [-0.25, -0.2) is 15.0 Å². The highest BCUT2D eigenvalue weighted by Gasteiger charge is 2.19. The minimum Gasteiger partial charge on any atom is -0.493 e. The molecule has 1 aliphatic heterocycles. The van der Waals surface area contributed by atoms with E-state index >= 15 is 0 Å². The maximum Gasteiger partial charge on any atom is 0.175 e. The molecule has 1 aliphatic rings. The van der Waals surface area contributed by atoms with Gasteiger partial charge >= 0.3 is 0 Å². The molecule has 0 amide bonds. The highest BCUT2D eigenvalue weighted by molar-refractivity contribution is 7.18. The van der Waals surface area contributed by atoms with Crippen LogP contribution in [0.1, 0.15) is 12.8 Å². The quantitative estimate of drug-likeness (QED) is 0.610. The van der Waals surface area contributed by atoms with Crippen molar-refractivity contribution in [3.63, 3.8) is 0 Å². The molecular formula is C20H22ClN5O2S. The minimum absolute atomic E-state index is 0.360. The lowest BCUT2D eigenvalue weighted by Crippen LogP contribution is -2.36. The average Bonchev–Trinajstić information content (AvgIpc) is 3.21. The van der Waals surface area contributed by atoms with Crippen molar-refractivity contribution in [1.29, 1.82) is 0 Å². The number of hydrogen-bond donors (Lipinski definition) is 1. The van der Waals surface area contributed by atoms with Gasteiger partial charge in [-0.3, -0.25) is 0 Å². The Kier molecular flexibility index (Phi) is 6.13. The second-order valence-electron chi connectivity index (χ2n) is 6.67. The normalized spacial score (nSPS) is 14.8. The summed E-state index contributed by atoms with van der Waals surface area (Å²) in [6, 6.07) is 7.73. The first-order chi connectivity index (χ1) is 14.2. The van der Waals surface area contributed by atoms with Gasteiger partial charge in [0.15, 0.2) is 11.6 Å². The van der Waals surface area contributed by atoms with Gasteiger partial charge in [-0.1, -0.05) is 11.6 Å². The molecule has 1 fully saturated rings. The van der Waals surface area contributed by atoms with Gasteiger partial charge < -0.3 is 19.7 Å². The van der Waals surface area contributed by atoms with Crippen LogP contribution in [0.15, 0.2) is 36.7 Å². The van der Waals surface area contributed by atoms with E-state index in [9.17, 15) is 0 Å². The number of aromatic nitrogens is 3. The van der Waals surface area contributed by atoms with E-state index in [2.05, 4.69) is 31.2 Å². The van der Waals surface area contributed by atoms with Crippen LogP contribution >= 0.6 is 22.9 Å². The summed E-state index contributed by atoms with van der Waals surface area (Å²) in [6.07, 6.45) is 5.93. The van der Waals surface area contributed by atoms with Crippen LogP contribution in [-0.2, 0) is 4.74 Å². The Morgan fingerprint density at radius 1 is 1.10 bits per heavy atom. The van der Waals surface area contributed by atoms with E-state index in [0.717, 1.165) is 42.3 Å². The van der Waals surface area contributed by atoms with E-state index < -0.39 is 0 Å². The van der Waals surface area contributed by atoms with Gasteiger partial charge in [0, 0.05) is 20.2 Å². The molecule has 7 nitrogen and oxygen atoms in total. The molecule has 9 heteroatoms. The van der Waals surface area contributed by atoms with E-state index in [1.54, 1.807) is 20.4 Å². The van der Waals surface area contributed by atoms with Crippen LogP contribution in [0, 0.1) is 0 Å². The number of pyridine rings is 2. The zero-order valence-electron chi connectivity index (χ0n) is 16.3. The predicted molar refractivity (Wildman–Crippen MR) is 117 cm³/mol. The highest BCUT2D eigenvalue weighted by Crippen LogP contribution is 2.32. The van der Waals surface area contributed by atoms with E-state index in [0.29, 0.717) is 27.8 Å². The third-order valence-corrected chi connectivity index (χ3v) is 6.05. The number of nitrogens with zero attached hydrogens (tertiary/aromatic N) is 4. The van der Waals surface area contributed by atoms with Crippen LogP contribution in [0.4, 0.5) is 17.3 Å². The van der Waals surface area contributed by atoms with Crippen molar-refractivity contribution in [2.45, 2.75) is 18.9 Å². The van der Waals surface area contributed by atoms with Crippen LogP contribution in [0.25, 0.3) is 10.7 Å². The van der Waals surface area contributed by atoms with Crippen molar-refractivity contribution in [3.05, 3.63) is 41.0 Å². The van der Waals surface area contributed by atoms with Crippen LogP contribution in [0.3, 0.4) is 0 Å². The third-order valence-electron chi connectivity index (χ3n) is 4.91. The van der Waals surface area contributed by atoms with Gasteiger partial charge in [0.1, 0.15) is 20.9 Å². The maximum atomic E-state index is 6.00. The SMILES string of the molecule is COc1ccc(-c2ncc(Cl)s2)nc1Nc1ccc(N2CCC(OC)CC2)cn1. The molecule has 0 bridgehead atoms. The number of hydrogen-bond acceptors (Lipinski definition) is 8. The summed E-state index contributed by atoms with van der Waals surface area (Å²) >= 11 is 7.38. The molecule has 0 aliphatic carbocycles. The number of nitrogens with one attached hydrogen (secondary N) is 1. The number of ether oxygens (including phenoxy) is 2. The zero-order chi connectivity index (χ0) is 20.2. The molecule has 4 heterocycles. The van der Waals surface area contributed by atoms with Gasteiger partial charge in [0.25, 0.3) is 0 Å². The first-order valence-electron chi connectivity index (χ1n) is 9.34. The molecule has 0 spiro atoms. The average molecular weight is 432 g/mol. The Balaban J connectivity index is 1.50. The van der Waals surface area contributed by atoms with Gasteiger partial charge in [0.2, 0.25) is 0 Å². The Bertz CT molecular complexity index is 958.